The van der Waals surface area contributed by atoms with Crippen molar-refractivity contribution in [2.24, 2.45) is 4.99 Å². The van der Waals surface area contributed by atoms with E-state index in [9.17, 15) is 0 Å². The standard InChI is InChI=1S/C15H10N2/c1-2-7-14-13(6-1)16-10-12-5-3-4-11-8-9-17(14)15(11)12/h1-10H. The summed E-state index contributed by atoms with van der Waals surface area (Å²) in [7, 11) is 0. The predicted molar refractivity (Wildman–Crippen MR) is 70.5 cm³/mol. The maximum atomic E-state index is 4.55. The smallest absolute Gasteiger partial charge is 0.0870 e. The molecule has 0 saturated carbocycles. The van der Waals surface area contributed by atoms with Crippen LogP contribution in [0.4, 0.5) is 5.69 Å². The third-order valence-corrected chi connectivity index (χ3v) is 3.23. The van der Waals surface area contributed by atoms with E-state index in [-0.39, 0.29) is 0 Å². The van der Waals surface area contributed by atoms with Crippen molar-refractivity contribution < 1.29 is 0 Å². The molecule has 0 fully saturated rings. The van der Waals surface area contributed by atoms with Crippen LogP contribution in [0.15, 0.2) is 59.7 Å². The summed E-state index contributed by atoms with van der Waals surface area (Å²) in [5.74, 6) is 0. The summed E-state index contributed by atoms with van der Waals surface area (Å²) < 4.78 is 2.22. The molecule has 1 aromatic heterocycles. The highest BCUT2D eigenvalue weighted by molar-refractivity contribution is 6.01. The van der Waals surface area contributed by atoms with Crippen LogP contribution in [0.25, 0.3) is 16.6 Å². The van der Waals surface area contributed by atoms with Gasteiger partial charge in [0.05, 0.1) is 16.9 Å². The molecule has 0 atom stereocenters. The molecule has 0 amide bonds. The van der Waals surface area contributed by atoms with E-state index in [0.717, 1.165) is 11.4 Å². The lowest BCUT2D eigenvalue weighted by molar-refractivity contribution is 1.13. The lowest BCUT2D eigenvalue weighted by atomic mass is 10.1. The molecule has 0 aliphatic carbocycles. The van der Waals surface area contributed by atoms with Crippen molar-refractivity contribution in [1.29, 1.82) is 0 Å². The second-order valence-corrected chi connectivity index (χ2v) is 4.22. The first kappa shape index (κ1) is 8.76. The number of aliphatic imine (C=N–C) groups is 1. The first-order chi connectivity index (χ1) is 8.43. The molecule has 0 saturated heterocycles. The number of rotatable bonds is 0. The van der Waals surface area contributed by atoms with Crippen LogP contribution in [0.1, 0.15) is 5.56 Å². The van der Waals surface area contributed by atoms with Crippen molar-refractivity contribution in [2.75, 3.05) is 0 Å². The van der Waals surface area contributed by atoms with Crippen molar-refractivity contribution >= 4 is 22.8 Å². The molecule has 0 bridgehead atoms. The maximum Gasteiger partial charge on any atom is 0.0870 e. The number of hydrogen-bond donors (Lipinski definition) is 0. The summed E-state index contributed by atoms with van der Waals surface area (Å²) in [6, 6.07) is 16.7. The normalized spacial score (nSPS) is 12.5. The zero-order valence-corrected chi connectivity index (χ0v) is 9.17. The molecule has 2 heterocycles. The van der Waals surface area contributed by atoms with Crippen LogP contribution in [-0.2, 0) is 0 Å². The van der Waals surface area contributed by atoms with E-state index >= 15 is 0 Å². The monoisotopic (exact) mass is 218 g/mol. The molecule has 0 radical (unpaired) electrons. The van der Waals surface area contributed by atoms with Gasteiger partial charge >= 0.3 is 0 Å². The Morgan fingerprint density at radius 3 is 2.82 bits per heavy atom. The molecule has 1 aliphatic heterocycles. The van der Waals surface area contributed by atoms with Gasteiger partial charge in [-0.15, -0.1) is 0 Å². The minimum absolute atomic E-state index is 1.02. The van der Waals surface area contributed by atoms with Crippen LogP contribution in [0.3, 0.4) is 0 Å². The van der Waals surface area contributed by atoms with Gasteiger partial charge in [0.2, 0.25) is 0 Å². The Balaban J connectivity index is 2.23. The van der Waals surface area contributed by atoms with Gasteiger partial charge in [0, 0.05) is 23.4 Å². The van der Waals surface area contributed by atoms with Gasteiger partial charge in [-0.3, -0.25) is 4.99 Å². The molecule has 2 heteroatoms. The van der Waals surface area contributed by atoms with Crippen LogP contribution in [0.5, 0.6) is 0 Å². The van der Waals surface area contributed by atoms with Gasteiger partial charge in [0.15, 0.2) is 0 Å². The molecule has 1 aliphatic rings. The van der Waals surface area contributed by atoms with E-state index in [1.54, 1.807) is 0 Å². The molecule has 4 rings (SSSR count). The molecular formula is C15H10N2. The SMILES string of the molecule is C1=Nc2ccccc2-n2ccc3cccc1c32. The van der Waals surface area contributed by atoms with Crippen molar-refractivity contribution in [2.45, 2.75) is 0 Å². The second-order valence-electron chi connectivity index (χ2n) is 4.22. The molecule has 0 unspecified atom stereocenters. The molecule has 17 heavy (non-hydrogen) atoms. The predicted octanol–water partition coefficient (Wildman–Crippen LogP) is 3.69. The maximum absolute atomic E-state index is 4.55. The van der Waals surface area contributed by atoms with Gasteiger partial charge in [-0.1, -0.05) is 30.3 Å². The lowest BCUT2D eigenvalue weighted by Crippen LogP contribution is -1.92. The van der Waals surface area contributed by atoms with E-state index < -0.39 is 0 Å². The first-order valence-electron chi connectivity index (χ1n) is 5.67. The van der Waals surface area contributed by atoms with Crippen molar-refractivity contribution in [3.05, 3.63) is 60.3 Å². The molecule has 80 valence electrons. The highest BCUT2D eigenvalue weighted by Gasteiger charge is 2.12. The Bertz CT molecular complexity index is 750. The summed E-state index contributed by atoms with van der Waals surface area (Å²) in [6.07, 6.45) is 4.06. The molecule has 2 nitrogen and oxygen atoms in total. The summed E-state index contributed by atoms with van der Waals surface area (Å²) >= 11 is 0. The minimum Gasteiger partial charge on any atom is -0.314 e. The van der Waals surface area contributed by atoms with Gasteiger partial charge in [-0.2, -0.15) is 0 Å². The van der Waals surface area contributed by atoms with Crippen LogP contribution in [0.2, 0.25) is 0 Å². The Morgan fingerprint density at radius 1 is 0.882 bits per heavy atom. The number of nitrogens with zero attached hydrogens (tertiary/aromatic N) is 2. The third kappa shape index (κ3) is 1.12. The largest absolute Gasteiger partial charge is 0.314 e. The van der Waals surface area contributed by atoms with Crippen LogP contribution in [-0.4, -0.2) is 10.8 Å². The Kier molecular flexibility index (Phi) is 1.59. The molecule has 0 N–H and O–H groups in total. The summed E-state index contributed by atoms with van der Waals surface area (Å²) in [4.78, 5) is 4.55. The van der Waals surface area contributed by atoms with Crippen molar-refractivity contribution in [3.8, 4) is 5.69 Å². The van der Waals surface area contributed by atoms with E-state index in [1.807, 2.05) is 24.4 Å². The number of benzene rings is 2. The number of para-hydroxylation sites is 3. The summed E-state index contributed by atoms with van der Waals surface area (Å²) in [5, 5.41) is 1.26. The molecule has 0 spiro atoms. The van der Waals surface area contributed by atoms with Gasteiger partial charge in [-0.25, -0.2) is 0 Å². The fraction of sp³-hybridized carbons (Fsp3) is 0. The van der Waals surface area contributed by atoms with Crippen molar-refractivity contribution in [3.63, 3.8) is 0 Å². The molecular weight excluding hydrogens is 208 g/mol. The van der Waals surface area contributed by atoms with Gasteiger partial charge in [0.1, 0.15) is 0 Å². The average Bonchev–Trinajstić information content (AvgIpc) is 2.73. The Morgan fingerprint density at radius 2 is 1.82 bits per heavy atom. The fourth-order valence-electron chi connectivity index (χ4n) is 2.44. The number of fused-ring (bicyclic) bond motifs is 2. The highest BCUT2D eigenvalue weighted by Crippen LogP contribution is 2.31. The molecule has 3 aromatic rings. The zero-order chi connectivity index (χ0) is 11.2. The van der Waals surface area contributed by atoms with Crippen LogP contribution < -0.4 is 0 Å². The quantitative estimate of drug-likeness (QED) is 0.428. The van der Waals surface area contributed by atoms with Gasteiger partial charge in [-0.05, 0) is 18.2 Å². The van der Waals surface area contributed by atoms with Crippen molar-refractivity contribution in [1.82, 2.24) is 4.57 Å². The average molecular weight is 218 g/mol. The minimum atomic E-state index is 1.02. The van der Waals surface area contributed by atoms with E-state index in [4.69, 9.17) is 0 Å². The summed E-state index contributed by atoms with van der Waals surface area (Å²) in [5.41, 5.74) is 4.56. The fourth-order valence-corrected chi connectivity index (χ4v) is 2.44. The number of hydrogen-bond acceptors (Lipinski definition) is 1. The zero-order valence-electron chi connectivity index (χ0n) is 9.17. The third-order valence-electron chi connectivity index (χ3n) is 3.23. The van der Waals surface area contributed by atoms with E-state index in [2.05, 4.69) is 46.1 Å². The van der Waals surface area contributed by atoms with E-state index in [1.165, 1.54) is 16.5 Å². The highest BCUT2D eigenvalue weighted by atomic mass is 15.0. The Hall–Kier alpha value is -2.35. The second kappa shape index (κ2) is 3.08. The molecule has 2 aromatic carbocycles. The van der Waals surface area contributed by atoms with Gasteiger partial charge in [0.25, 0.3) is 0 Å². The summed E-state index contributed by atoms with van der Waals surface area (Å²) in [6.45, 7) is 0. The van der Waals surface area contributed by atoms with E-state index in [0.29, 0.717) is 0 Å². The topological polar surface area (TPSA) is 17.3 Å². The first-order valence-corrected chi connectivity index (χ1v) is 5.67. The van der Waals surface area contributed by atoms with Crippen LogP contribution >= 0.6 is 0 Å². The Labute approximate surface area is 98.8 Å². The van der Waals surface area contributed by atoms with Crippen LogP contribution in [0, 0.1) is 0 Å². The number of aromatic nitrogens is 1. The van der Waals surface area contributed by atoms with Gasteiger partial charge < -0.3 is 4.57 Å². The lowest BCUT2D eigenvalue weighted by Gasteiger charge is -2.06.